The second kappa shape index (κ2) is 27.7. The SMILES string of the molecule is [C-]#CCO.[Cl][Ru+].c1ccc(P(CP(c2ccccc2)c2ccccc2)c2ccccc2)cc1.c1ccc(P(CP(c2ccccc2)c2ccccc2)c2ccccc2)cc1. The van der Waals surface area contributed by atoms with Crippen LogP contribution in [0.3, 0.4) is 0 Å². The summed E-state index contributed by atoms with van der Waals surface area (Å²) in [6.07, 6.45) is 5.95. The zero-order chi connectivity index (χ0) is 42.0. The molecule has 0 aliphatic carbocycles. The van der Waals surface area contributed by atoms with Gasteiger partial charge in [0.2, 0.25) is 0 Å². The van der Waals surface area contributed by atoms with E-state index < -0.39 is 31.7 Å². The molecule has 300 valence electrons. The van der Waals surface area contributed by atoms with E-state index in [9.17, 15) is 0 Å². The molecule has 7 heteroatoms. The average molecular weight is 960 g/mol. The summed E-state index contributed by atoms with van der Waals surface area (Å²) in [7, 11) is 2.93. The number of aliphatic hydroxyl groups is 1. The maximum absolute atomic E-state index is 7.58. The van der Waals surface area contributed by atoms with E-state index in [1.807, 2.05) is 17.3 Å². The van der Waals surface area contributed by atoms with E-state index in [-0.39, 0.29) is 6.61 Å². The Kier molecular flexibility index (Phi) is 21.7. The van der Waals surface area contributed by atoms with Gasteiger partial charge in [0.1, 0.15) is 0 Å². The van der Waals surface area contributed by atoms with Crippen LogP contribution in [0.25, 0.3) is 0 Å². The molecule has 0 heterocycles. The second-order valence-corrected chi connectivity index (χ2v) is 22.8. The number of halogens is 1. The molecule has 0 aromatic heterocycles. The Morgan fingerprint density at radius 1 is 0.317 bits per heavy atom. The summed E-state index contributed by atoms with van der Waals surface area (Å²) in [5.74, 6) is 4.08. The third kappa shape index (κ3) is 14.8. The predicted octanol–water partition coefficient (Wildman–Crippen LogP) is 10.7. The van der Waals surface area contributed by atoms with Gasteiger partial charge in [-0.15, -0.1) is 0 Å². The molecule has 0 saturated carbocycles. The molecule has 0 atom stereocenters. The van der Waals surface area contributed by atoms with Gasteiger partial charge in [0.05, 0.1) is 6.61 Å². The molecule has 8 aromatic rings. The standard InChI is InChI=1S/2C25H22P2.C3H3O.ClH.Ru/c2*1-5-13-22(14-6-1)26(23-15-7-2-8-16-23)21-27(24-17-9-3-10-18-24)25-19-11-4-12-20-25;1-2-3-4;;/h2*1-20H,21H2;4H,3H2;1H;/q;;-1;;+2/p-1. The second-order valence-electron chi connectivity index (χ2n) is 13.0. The first-order chi connectivity index (χ1) is 29.7. The summed E-state index contributed by atoms with van der Waals surface area (Å²) in [6, 6.07) is 88.3. The van der Waals surface area contributed by atoms with Gasteiger partial charge in [-0.05, 0) is 74.1 Å². The van der Waals surface area contributed by atoms with Crippen LogP contribution in [0.1, 0.15) is 0 Å². The van der Waals surface area contributed by atoms with Gasteiger partial charge in [-0.3, -0.25) is 0 Å². The van der Waals surface area contributed by atoms with Crippen molar-refractivity contribution in [1.29, 1.82) is 0 Å². The summed E-state index contributed by atoms with van der Waals surface area (Å²) in [5, 5.41) is 19.2. The Morgan fingerprint density at radius 2 is 0.433 bits per heavy atom. The Hall–Kier alpha value is -4.09. The zero-order valence-electron chi connectivity index (χ0n) is 33.2. The fourth-order valence-electron chi connectivity index (χ4n) is 6.40. The molecule has 8 rings (SSSR count). The fourth-order valence-corrected chi connectivity index (χ4v) is 19.3. The molecule has 0 radical (unpaired) electrons. The molecule has 0 fully saturated rings. The molecule has 1 N–H and O–H groups in total. The quantitative estimate of drug-likeness (QED) is 0.0560. The van der Waals surface area contributed by atoms with Crippen LogP contribution in [0.5, 0.6) is 0 Å². The van der Waals surface area contributed by atoms with E-state index in [1.165, 1.54) is 54.2 Å². The summed E-state index contributed by atoms with van der Waals surface area (Å²) < 4.78 is 0. The number of aliphatic hydroxyl groups excluding tert-OH is 1. The van der Waals surface area contributed by atoms with Crippen LogP contribution in [-0.2, 0) is 17.3 Å². The normalized spacial score (nSPS) is 10.4. The number of rotatable bonds is 12. The molecule has 8 aromatic carbocycles. The molecule has 0 unspecified atom stereocenters. The molecule has 0 bridgehead atoms. The molecule has 0 spiro atoms. The van der Waals surface area contributed by atoms with Crippen molar-refractivity contribution in [2.75, 3.05) is 18.4 Å². The van der Waals surface area contributed by atoms with Crippen LogP contribution in [-0.4, -0.2) is 23.5 Å². The van der Waals surface area contributed by atoms with E-state index in [1.54, 1.807) is 5.92 Å². The minimum Gasteiger partial charge on any atom is -0.0622 e. The molecule has 1 nitrogen and oxygen atoms in total. The summed E-state index contributed by atoms with van der Waals surface area (Å²) in [4.78, 5) is 0. The Balaban J connectivity index is 0.000000201. The molecule has 0 aliphatic rings. The van der Waals surface area contributed by atoms with E-state index >= 15 is 0 Å². The van der Waals surface area contributed by atoms with Crippen LogP contribution in [0.4, 0.5) is 0 Å². The van der Waals surface area contributed by atoms with Crippen molar-refractivity contribution >= 4 is 83.8 Å². The first-order valence-corrected chi connectivity index (χ1v) is 27.7. The van der Waals surface area contributed by atoms with Gasteiger partial charge in [0.15, 0.2) is 0 Å². The van der Waals surface area contributed by atoms with Crippen molar-refractivity contribution in [3.63, 3.8) is 0 Å². The largest absolute Gasteiger partial charge is 0.0622 e. The van der Waals surface area contributed by atoms with Gasteiger partial charge in [-0.1, -0.05) is 243 Å². The molecular formula is C53H47ClOP4Ru. The maximum Gasteiger partial charge on any atom is 0.00405 e. The Labute approximate surface area is 377 Å². The zero-order valence-corrected chi connectivity index (χ0v) is 39.3. The van der Waals surface area contributed by atoms with Gasteiger partial charge in [0.25, 0.3) is 0 Å². The molecule has 0 amide bonds. The average Bonchev–Trinajstić information content (AvgIpc) is 3.35. The molecule has 0 aliphatic heterocycles. The topological polar surface area (TPSA) is 20.2 Å². The molecular weight excluding hydrogens is 913 g/mol. The first-order valence-electron chi connectivity index (χ1n) is 19.4. The monoisotopic (exact) mass is 960 g/mol. The van der Waals surface area contributed by atoms with Crippen LogP contribution in [0.15, 0.2) is 243 Å². The third-order valence-electron chi connectivity index (χ3n) is 9.19. The number of benzene rings is 8. The van der Waals surface area contributed by atoms with Crippen LogP contribution in [0.2, 0.25) is 0 Å². The first kappa shape index (κ1) is 47.0. The van der Waals surface area contributed by atoms with Gasteiger partial charge < -0.3 is 17.5 Å². The minimum absolute atomic E-state index is 0.264. The van der Waals surface area contributed by atoms with Gasteiger partial charge in [0, 0.05) is 11.8 Å². The van der Waals surface area contributed by atoms with E-state index in [2.05, 4.69) is 252 Å². The van der Waals surface area contributed by atoms with Crippen molar-refractivity contribution in [3.05, 3.63) is 249 Å². The fraction of sp³-hybridized carbons (Fsp3) is 0.0566. The number of hydrogen-bond donors (Lipinski definition) is 1. The van der Waals surface area contributed by atoms with Crippen LogP contribution in [0, 0.1) is 12.3 Å². The van der Waals surface area contributed by atoms with E-state index in [0.717, 1.165) is 0 Å². The summed E-state index contributed by atoms with van der Waals surface area (Å²) in [5.41, 5.74) is 0. The van der Waals surface area contributed by atoms with Crippen LogP contribution < -0.4 is 42.4 Å². The van der Waals surface area contributed by atoms with Crippen molar-refractivity contribution in [1.82, 2.24) is 0 Å². The minimum atomic E-state index is -0.409. The van der Waals surface area contributed by atoms with Gasteiger partial charge in [-0.25, -0.2) is 0 Å². The van der Waals surface area contributed by atoms with E-state index in [4.69, 9.17) is 11.5 Å². The van der Waals surface area contributed by atoms with Crippen molar-refractivity contribution in [2.24, 2.45) is 0 Å². The van der Waals surface area contributed by atoms with Crippen molar-refractivity contribution in [2.45, 2.75) is 0 Å². The van der Waals surface area contributed by atoms with Crippen LogP contribution >= 0.6 is 41.4 Å². The van der Waals surface area contributed by atoms with Gasteiger partial charge in [-0.2, -0.15) is 0 Å². The summed E-state index contributed by atoms with van der Waals surface area (Å²) in [6.45, 7) is -0.264. The number of hydrogen-bond acceptors (Lipinski definition) is 1. The summed E-state index contributed by atoms with van der Waals surface area (Å²) >= 11 is 1.82. The smallest absolute Gasteiger partial charge is 0.00405 e. The Bertz CT molecular complexity index is 1860. The predicted molar refractivity (Wildman–Crippen MR) is 266 cm³/mol. The molecule has 0 saturated heterocycles. The molecule has 60 heavy (non-hydrogen) atoms. The maximum atomic E-state index is 7.58. The van der Waals surface area contributed by atoms with Crippen molar-refractivity contribution in [3.8, 4) is 5.92 Å². The van der Waals surface area contributed by atoms with E-state index in [0.29, 0.717) is 0 Å². The van der Waals surface area contributed by atoms with Crippen molar-refractivity contribution < 1.29 is 22.4 Å². The van der Waals surface area contributed by atoms with Gasteiger partial charge >= 0.3 is 27.0 Å². The Morgan fingerprint density at radius 3 is 0.533 bits per heavy atom. The third-order valence-corrected chi connectivity index (χ3v) is 21.1.